The first-order valence-electron chi connectivity index (χ1n) is 7.53. The summed E-state index contributed by atoms with van der Waals surface area (Å²) in [5.74, 6) is -2.61. The Bertz CT molecular complexity index is 547. The molecule has 9 heteroatoms. The molecular formula is C14H19N3O6. The standard InChI is InChI=1S/C14H19N3O6/c1-3-4-10(19)12-13(20)14(21)17(16-15-12)11-6-5-9(23-11)7-22-8(2)18/h9,11-12H,3-7H2,1-2H3. The number of hydrogen-bond acceptors (Lipinski definition) is 8. The van der Waals surface area contributed by atoms with Crippen molar-refractivity contribution < 1.29 is 28.7 Å². The normalized spacial score (nSPS) is 27.4. The molecule has 0 radical (unpaired) electrons. The third-order valence-electron chi connectivity index (χ3n) is 3.56. The number of nitrogens with zero attached hydrogens (tertiary/aromatic N) is 3. The van der Waals surface area contributed by atoms with Gasteiger partial charge in [-0.3, -0.25) is 19.2 Å². The second-order valence-corrected chi connectivity index (χ2v) is 5.43. The van der Waals surface area contributed by atoms with Crippen LogP contribution in [0.4, 0.5) is 0 Å². The first-order chi connectivity index (χ1) is 10.9. The summed E-state index contributed by atoms with van der Waals surface area (Å²) in [4.78, 5) is 46.7. The maximum Gasteiger partial charge on any atom is 0.316 e. The molecule has 0 N–H and O–H groups in total. The minimum Gasteiger partial charge on any atom is -0.463 e. The van der Waals surface area contributed by atoms with Gasteiger partial charge in [0.15, 0.2) is 18.1 Å². The zero-order chi connectivity index (χ0) is 17.0. The van der Waals surface area contributed by atoms with E-state index in [0.29, 0.717) is 19.3 Å². The molecule has 0 aromatic rings. The molecule has 0 aromatic carbocycles. The molecule has 0 saturated carbocycles. The summed E-state index contributed by atoms with van der Waals surface area (Å²) in [6.07, 6.45) is 0.646. The van der Waals surface area contributed by atoms with E-state index < -0.39 is 35.7 Å². The summed E-state index contributed by atoms with van der Waals surface area (Å²) in [6, 6.07) is -1.34. The predicted octanol–water partition coefficient (Wildman–Crippen LogP) is 0.571. The number of hydrogen-bond donors (Lipinski definition) is 0. The number of carbonyl (C=O) groups is 4. The van der Waals surface area contributed by atoms with Crippen LogP contribution in [0.15, 0.2) is 10.3 Å². The number of carbonyl (C=O) groups excluding carboxylic acids is 4. The number of amides is 1. The highest BCUT2D eigenvalue weighted by Crippen LogP contribution is 2.26. The Hall–Kier alpha value is -2.16. The summed E-state index contributed by atoms with van der Waals surface area (Å²) in [5.41, 5.74) is 0. The molecule has 0 aromatic heterocycles. The van der Waals surface area contributed by atoms with Crippen LogP contribution >= 0.6 is 0 Å². The van der Waals surface area contributed by atoms with E-state index >= 15 is 0 Å². The van der Waals surface area contributed by atoms with Crippen LogP contribution in [0, 0.1) is 0 Å². The van der Waals surface area contributed by atoms with E-state index in [1.165, 1.54) is 6.92 Å². The summed E-state index contributed by atoms with van der Waals surface area (Å²) in [5, 5.41) is 8.23. The molecule has 2 aliphatic heterocycles. The molecule has 23 heavy (non-hydrogen) atoms. The van der Waals surface area contributed by atoms with E-state index in [2.05, 4.69) is 10.3 Å². The molecular weight excluding hydrogens is 306 g/mol. The highest BCUT2D eigenvalue weighted by molar-refractivity contribution is 6.42. The lowest BCUT2D eigenvalue weighted by atomic mass is 10.0. The van der Waals surface area contributed by atoms with Gasteiger partial charge in [-0.25, -0.2) is 0 Å². The van der Waals surface area contributed by atoms with Gasteiger partial charge >= 0.3 is 11.9 Å². The van der Waals surface area contributed by atoms with Crippen LogP contribution in [0.5, 0.6) is 0 Å². The zero-order valence-corrected chi connectivity index (χ0v) is 13.1. The maximum absolute atomic E-state index is 12.1. The SMILES string of the molecule is CCCC(=O)C1N=NN(C2CCC(COC(C)=O)O2)C(=O)C1=O. The lowest BCUT2D eigenvalue weighted by molar-refractivity contribution is -0.162. The Kier molecular flexibility index (Phi) is 5.54. The molecule has 2 rings (SSSR count). The highest BCUT2D eigenvalue weighted by atomic mass is 16.6. The van der Waals surface area contributed by atoms with Crippen molar-refractivity contribution in [1.29, 1.82) is 0 Å². The minimum absolute atomic E-state index is 0.0799. The molecule has 1 fully saturated rings. The second-order valence-electron chi connectivity index (χ2n) is 5.43. The van der Waals surface area contributed by atoms with Crippen LogP contribution in [0.1, 0.15) is 39.5 Å². The zero-order valence-electron chi connectivity index (χ0n) is 13.1. The average Bonchev–Trinajstić information content (AvgIpc) is 2.96. The molecule has 3 atom stereocenters. The van der Waals surface area contributed by atoms with Gasteiger partial charge in [0, 0.05) is 13.3 Å². The van der Waals surface area contributed by atoms with Crippen LogP contribution in [0.2, 0.25) is 0 Å². The lowest BCUT2D eigenvalue weighted by Crippen LogP contribution is -2.48. The summed E-state index contributed by atoms with van der Waals surface area (Å²) < 4.78 is 10.4. The van der Waals surface area contributed by atoms with E-state index in [1.54, 1.807) is 6.92 Å². The van der Waals surface area contributed by atoms with Gasteiger partial charge in [-0.05, 0) is 19.3 Å². The Balaban J connectivity index is 1.98. The van der Waals surface area contributed by atoms with Gasteiger partial charge in [-0.2, -0.15) is 10.1 Å². The van der Waals surface area contributed by atoms with Crippen molar-refractivity contribution in [2.24, 2.45) is 10.3 Å². The van der Waals surface area contributed by atoms with Gasteiger partial charge in [0.2, 0.25) is 0 Å². The van der Waals surface area contributed by atoms with Crippen LogP contribution < -0.4 is 0 Å². The van der Waals surface area contributed by atoms with Gasteiger partial charge in [-0.15, -0.1) is 0 Å². The number of Topliss-reactive ketones (excluding diaryl/α,β-unsaturated/α-hetero) is 2. The molecule has 2 aliphatic rings. The van der Waals surface area contributed by atoms with Crippen LogP contribution in [0.3, 0.4) is 0 Å². The van der Waals surface area contributed by atoms with Crippen molar-refractivity contribution in [3.8, 4) is 0 Å². The van der Waals surface area contributed by atoms with E-state index in [-0.39, 0.29) is 19.1 Å². The van der Waals surface area contributed by atoms with E-state index in [4.69, 9.17) is 9.47 Å². The Morgan fingerprint density at radius 1 is 1.35 bits per heavy atom. The molecule has 1 saturated heterocycles. The van der Waals surface area contributed by atoms with Crippen molar-refractivity contribution >= 4 is 23.4 Å². The van der Waals surface area contributed by atoms with Crippen molar-refractivity contribution in [2.75, 3.05) is 6.61 Å². The van der Waals surface area contributed by atoms with Crippen molar-refractivity contribution in [3.63, 3.8) is 0 Å². The molecule has 126 valence electrons. The van der Waals surface area contributed by atoms with E-state index in [1.807, 2.05) is 0 Å². The fourth-order valence-corrected chi connectivity index (χ4v) is 2.41. The van der Waals surface area contributed by atoms with Crippen LogP contribution in [0.25, 0.3) is 0 Å². The number of esters is 1. The van der Waals surface area contributed by atoms with E-state index in [0.717, 1.165) is 5.01 Å². The smallest absolute Gasteiger partial charge is 0.316 e. The van der Waals surface area contributed by atoms with Gasteiger partial charge in [-0.1, -0.05) is 12.1 Å². The summed E-state index contributed by atoms with van der Waals surface area (Å²) in [7, 11) is 0. The first-order valence-corrected chi connectivity index (χ1v) is 7.53. The molecule has 9 nitrogen and oxygen atoms in total. The minimum atomic E-state index is -1.34. The highest BCUT2D eigenvalue weighted by Gasteiger charge is 2.43. The van der Waals surface area contributed by atoms with Gasteiger partial charge in [0.1, 0.15) is 6.61 Å². The fourth-order valence-electron chi connectivity index (χ4n) is 2.41. The summed E-state index contributed by atoms with van der Waals surface area (Å²) >= 11 is 0. The third-order valence-corrected chi connectivity index (χ3v) is 3.56. The molecule has 3 unspecified atom stereocenters. The largest absolute Gasteiger partial charge is 0.463 e. The molecule has 1 amide bonds. The van der Waals surface area contributed by atoms with E-state index in [9.17, 15) is 19.2 Å². The maximum atomic E-state index is 12.1. The number of ketones is 2. The second kappa shape index (κ2) is 7.40. The van der Waals surface area contributed by atoms with Crippen molar-refractivity contribution in [3.05, 3.63) is 0 Å². The first kappa shape index (κ1) is 17.2. The van der Waals surface area contributed by atoms with Crippen LogP contribution in [-0.2, 0) is 28.7 Å². The summed E-state index contributed by atoms with van der Waals surface area (Å²) in [6.45, 7) is 3.17. The predicted molar refractivity (Wildman–Crippen MR) is 74.9 cm³/mol. The quantitative estimate of drug-likeness (QED) is 0.400. The topological polar surface area (TPSA) is 115 Å². The Morgan fingerprint density at radius 2 is 2.09 bits per heavy atom. The monoisotopic (exact) mass is 325 g/mol. The Labute approximate surface area is 133 Å². The number of rotatable bonds is 6. The Morgan fingerprint density at radius 3 is 2.74 bits per heavy atom. The van der Waals surface area contributed by atoms with Crippen molar-refractivity contribution in [1.82, 2.24) is 5.01 Å². The lowest BCUT2D eigenvalue weighted by Gasteiger charge is -2.26. The third kappa shape index (κ3) is 3.98. The van der Waals surface area contributed by atoms with Crippen molar-refractivity contribution in [2.45, 2.75) is 57.9 Å². The number of ether oxygens (including phenoxy) is 2. The van der Waals surface area contributed by atoms with Gasteiger partial charge in [0.05, 0.1) is 6.10 Å². The van der Waals surface area contributed by atoms with Crippen LogP contribution in [-0.4, -0.2) is 53.4 Å². The molecule has 0 bridgehead atoms. The van der Waals surface area contributed by atoms with Gasteiger partial charge < -0.3 is 9.47 Å². The van der Waals surface area contributed by atoms with Gasteiger partial charge in [0.25, 0.3) is 5.78 Å². The molecule has 0 aliphatic carbocycles. The fraction of sp³-hybridized carbons (Fsp3) is 0.714. The molecule has 2 heterocycles. The molecule has 0 spiro atoms. The average molecular weight is 325 g/mol.